The Balaban J connectivity index is 1.72. The molecule has 3 aromatic heterocycles. The molecule has 0 spiro atoms. The van der Waals surface area contributed by atoms with Crippen LogP contribution in [0, 0.1) is 0 Å². The minimum atomic E-state index is -0.672. The Morgan fingerprint density at radius 1 is 1.29 bits per heavy atom. The van der Waals surface area contributed by atoms with Gasteiger partial charge in [0.1, 0.15) is 21.3 Å². The van der Waals surface area contributed by atoms with Gasteiger partial charge in [-0.05, 0) is 30.7 Å². The first-order valence-corrected chi connectivity index (χ1v) is 9.63. The standard InChI is InChI=1S/C20H18N4O3S/c1-3-15(18(25)23-12-6-4-7-13(10-12)27-2)24-11-22-16-14-8-5-9-21-19(14)28-17(16)20(24)26/h4-11,15H,3H2,1-2H3,(H,23,25)/t15-/m1/s1. The van der Waals surface area contributed by atoms with Crippen molar-refractivity contribution in [1.82, 2.24) is 14.5 Å². The molecule has 8 heteroatoms. The molecule has 3 heterocycles. The van der Waals surface area contributed by atoms with Crippen LogP contribution in [-0.2, 0) is 4.79 Å². The second-order valence-electron chi connectivity index (χ2n) is 6.24. The molecule has 1 N–H and O–H groups in total. The summed E-state index contributed by atoms with van der Waals surface area (Å²) < 4.78 is 7.08. The second kappa shape index (κ2) is 7.40. The number of methoxy groups -OCH3 is 1. The highest BCUT2D eigenvalue weighted by Crippen LogP contribution is 2.28. The molecule has 1 amide bonds. The minimum Gasteiger partial charge on any atom is -0.497 e. The van der Waals surface area contributed by atoms with Crippen molar-refractivity contribution in [1.29, 1.82) is 0 Å². The number of carbonyl (C=O) groups is 1. The van der Waals surface area contributed by atoms with E-state index >= 15 is 0 Å². The monoisotopic (exact) mass is 394 g/mol. The van der Waals surface area contributed by atoms with Gasteiger partial charge in [-0.25, -0.2) is 9.97 Å². The lowest BCUT2D eigenvalue weighted by Crippen LogP contribution is -2.33. The van der Waals surface area contributed by atoms with E-state index in [2.05, 4.69) is 15.3 Å². The number of benzene rings is 1. The molecule has 0 unspecified atom stereocenters. The average molecular weight is 394 g/mol. The summed E-state index contributed by atoms with van der Waals surface area (Å²) in [6, 6.07) is 10.1. The van der Waals surface area contributed by atoms with Gasteiger partial charge >= 0.3 is 0 Å². The number of pyridine rings is 1. The quantitative estimate of drug-likeness (QED) is 0.559. The summed E-state index contributed by atoms with van der Waals surface area (Å²) in [5, 5.41) is 3.70. The molecule has 0 saturated carbocycles. The fraction of sp³-hybridized carbons (Fsp3) is 0.200. The number of thiophene rings is 1. The number of carbonyl (C=O) groups excluding carboxylic acids is 1. The minimum absolute atomic E-state index is 0.236. The van der Waals surface area contributed by atoms with E-state index in [9.17, 15) is 9.59 Å². The molecule has 1 aromatic carbocycles. The summed E-state index contributed by atoms with van der Waals surface area (Å²) in [6.07, 6.45) is 3.59. The average Bonchev–Trinajstić information content (AvgIpc) is 3.10. The molecule has 0 aliphatic rings. The van der Waals surface area contributed by atoms with Crippen LogP contribution in [0.15, 0.2) is 53.7 Å². The first-order chi connectivity index (χ1) is 13.6. The van der Waals surface area contributed by atoms with Gasteiger partial charge in [-0.2, -0.15) is 0 Å². The topological polar surface area (TPSA) is 86.1 Å². The summed E-state index contributed by atoms with van der Waals surface area (Å²) in [7, 11) is 1.57. The van der Waals surface area contributed by atoms with Crippen LogP contribution in [0.25, 0.3) is 20.4 Å². The third-order valence-electron chi connectivity index (χ3n) is 4.54. The zero-order valence-electron chi connectivity index (χ0n) is 15.4. The number of ether oxygens (including phenoxy) is 1. The van der Waals surface area contributed by atoms with Crippen LogP contribution in [-0.4, -0.2) is 27.6 Å². The van der Waals surface area contributed by atoms with Crippen molar-refractivity contribution < 1.29 is 9.53 Å². The Kier molecular flexibility index (Phi) is 4.79. The van der Waals surface area contributed by atoms with E-state index in [-0.39, 0.29) is 11.5 Å². The van der Waals surface area contributed by atoms with Crippen molar-refractivity contribution in [2.45, 2.75) is 19.4 Å². The fourth-order valence-electron chi connectivity index (χ4n) is 3.14. The highest BCUT2D eigenvalue weighted by Gasteiger charge is 2.22. The summed E-state index contributed by atoms with van der Waals surface area (Å²) >= 11 is 1.30. The van der Waals surface area contributed by atoms with Gasteiger partial charge in [-0.3, -0.25) is 14.2 Å². The predicted octanol–water partition coefficient (Wildman–Crippen LogP) is 3.60. The van der Waals surface area contributed by atoms with Gasteiger partial charge in [0, 0.05) is 23.3 Å². The lowest BCUT2D eigenvalue weighted by molar-refractivity contribution is -0.119. The van der Waals surface area contributed by atoms with Gasteiger partial charge in [0.25, 0.3) is 5.56 Å². The zero-order valence-corrected chi connectivity index (χ0v) is 16.2. The van der Waals surface area contributed by atoms with Gasteiger partial charge < -0.3 is 10.1 Å². The first kappa shape index (κ1) is 18.1. The lowest BCUT2D eigenvalue weighted by atomic mass is 10.2. The third-order valence-corrected chi connectivity index (χ3v) is 5.63. The second-order valence-corrected chi connectivity index (χ2v) is 7.24. The van der Waals surface area contributed by atoms with E-state index in [4.69, 9.17) is 4.74 Å². The summed E-state index contributed by atoms with van der Waals surface area (Å²) in [4.78, 5) is 35.4. The summed E-state index contributed by atoms with van der Waals surface area (Å²) in [5.41, 5.74) is 0.994. The van der Waals surface area contributed by atoms with Crippen LogP contribution in [0.2, 0.25) is 0 Å². The van der Waals surface area contributed by atoms with Crippen molar-refractivity contribution in [3.63, 3.8) is 0 Å². The molecule has 4 rings (SSSR count). The Morgan fingerprint density at radius 3 is 2.93 bits per heavy atom. The molecule has 0 radical (unpaired) electrons. The van der Waals surface area contributed by atoms with Crippen LogP contribution < -0.4 is 15.6 Å². The van der Waals surface area contributed by atoms with Gasteiger partial charge in [-0.15, -0.1) is 11.3 Å². The summed E-state index contributed by atoms with van der Waals surface area (Å²) in [5.74, 6) is 0.363. The number of hydrogen-bond donors (Lipinski definition) is 1. The first-order valence-electron chi connectivity index (χ1n) is 8.81. The molecule has 0 aliphatic carbocycles. The van der Waals surface area contributed by atoms with Crippen molar-refractivity contribution >= 4 is 43.4 Å². The van der Waals surface area contributed by atoms with Gasteiger partial charge in [0.2, 0.25) is 5.91 Å². The van der Waals surface area contributed by atoms with E-state index in [0.29, 0.717) is 28.1 Å². The molecule has 7 nitrogen and oxygen atoms in total. The summed E-state index contributed by atoms with van der Waals surface area (Å²) in [6.45, 7) is 1.86. The molecule has 1 atom stereocenters. The lowest BCUT2D eigenvalue weighted by Gasteiger charge is -2.17. The zero-order chi connectivity index (χ0) is 19.7. The molecular weight excluding hydrogens is 376 g/mol. The van der Waals surface area contributed by atoms with Crippen molar-refractivity contribution in [2.75, 3.05) is 12.4 Å². The maximum absolute atomic E-state index is 13.1. The van der Waals surface area contributed by atoms with Crippen molar-refractivity contribution in [3.05, 3.63) is 59.3 Å². The van der Waals surface area contributed by atoms with E-state index < -0.39 is 6.04 Å². The Hall–Kier alpha value is -3.26. The van der Waals surface area contributed by atoms with Crippen LogP contribution in [0.1, 0.15) is 19.4 Å². The molecule has 0 fully saturated rings. The third kappa shape index (κ3) is 3.11. The number of hydrogen-bond acceptors (Lipinski definition) is 6. The number of anilines is 1. The largest absolute Gasteiger partial charge is 0.497 e. The van der Waals surface area contributed by atoms with Gasteiger partial charge in [0.05, 0.1) is 19.0 Å². The number of fused-ring (bicyclic) bond motifs is 3. The molecule has 28 heavy (non-hydrogen) atoms. The molecule has 0 bridgehead atoms. The Bertz CT molecular complexity index is 1230. The maximum Gasteiger partial charge on any atom is 0.272 e. The molecule has 0 aliphatic heterocycles. The Labute approximate surface area is 164 Å². The van der Waals surface area contributed by atoms with E-state index in [1.54, 1.807) is 37.6 Å². The fourth-order valence-corrected chi connectivity index (χ4v) is 4.17. The number of amides is 1. The predicted molar refractivity (Wildman–Crippen MR) is 110 cm³/mol. The van der Waals surface area contributed by atoms with Crippen LogP contribution in [0.3, 0.4) is 0 Å². The molecular formula is C20H18N4O3S. The van der Waals surface area contributed by atoms with Gasteiger partial charge in [0.15, 0.2) is 0 Å². The number of aromatic nitrogens is 3. The van der Waals surface area contributed by atoms with Crippen LogP contribution >= 0.6 is 11.3 Å². The van der Waals surface area contributed by atoms with Crippen molar-refractivity contribution in [2.24, 2.45) is 0 Å². The maximum atomic E-state index is 13.1. The van der Waals surface area contributed by atoms with Crippen LogP contribution in [0.4, 0.5) is 5.69 Å². The normalized spacial score (nSPS) is 12.2. The van der Waals surface area contributed by atoms with E-state index in [0.717, 1.165) is 10.2 Å². The molecule has 142 valence electrons. The highest BCUT2D eigenvalue weighted by molar-refractivity contribution is 7.25. The highest BCUT2D eigenvalue weighted by atomic mass is 32.1. The molecule has 4 aromatic rings. The molecule has 0 saturated heterocycles. The Morgan fingerprint density at radius 2 is 2.14 bits per heavy atom. The van der Waals surface area contributed by atoms with Crippen molar-refractivity contribution in [3.8, 4) is 5.75 Å². The number of nitrogens with zero attached hydrogens (tertiary/aromatic N) is 3. The van der Waals surface area contributed by atoms with E-state index in [1.165, 1.54) is 22.2 Å². The number of rotatable bonds is 5. The van der Waals surface area contributed by atoms with Crippen LogP contribution in [0.5, 0.6) is 5.75 Å². The van der Waals surface area contributed by atoms with Gasteiger partial charge in [-0.1, -0.05) is 13.0 Å². The van der Waals surface area contributed by atoms with E-state index in [1.807, 2.05) is 19.1 Å². The SMILES string of the molecule is CC[C@H](C(=O)Nc1cccc(OC)c1)n1cnc2c(sc3ncccc32)c1=O. The smallest absolute Gasteiger partial charge is 0.272 e. The number of nitrogens with one attached hydrogen (secondary N) is 1.